The summed E-state index contributed by atoms with van der Waals surface area (Å²) in [5.41, 5.74) is 2.71. The van der Waals surface area contributed by atoms with E-state index < -0.39 is 0 Å². The van der Waals surface area contributed by atoms with E-state index in [0.29, 0.717) is 12.0 Å². The Labute approximate surface area is 87.5 Å². The third kappa shape index (κ3) is 3.51. The monoisotopic (exact) mass is 191 g/mol. The molecule has 0 aliphatic rings. The zero-order chi connectivity index (χ0) is 10.6. The van der Waals surface area contributed by atoms with Gasteiger partial charge in [-0.2, -0.15) is 0 Å². The second-order valence-corrected chi connectivity index (χ2v) is 4.40. The van der Waals surface area contributed by atoms with Crippen molar-refractivity contribution in [3.63, 3.8) is 0 Å². The molecule has 0 fully saturated rings. The molecule has 0 saturated carbocycles. The van der Waals surface area contributed by atoms with E-state index in [-0.39, 0.29) is 0 Å². The topological polar surface area (TPSA) is 12.0 Å². The van der Waals surface area contributed by atoms with Gasteiger partial charge in [0.05, 0.1) is 0 Å². The quantitative estimate of drug-likeness (QED) is 0.771. The van der Waals surface area contributed by atoms with Crippen molar-refractivity contribution < 1.29 is 0 Å². The second-order valence-electron chi connectivity index (χ2n) is 4.40. The van der Waals surface area contributed by atoms with Crippen molar-refractivity contribution in [2.45, 2.75) is 40.3 Å². The van der Waals surface area contributed by atoms with Crippen molar-refractivity contribution in [2.24, 2.45) is 5.92 Å². The Balaban J connectivity index is 2.45. The number of benzene rings is 1. The molecule has 0 saturated heterocycles. The average molecular weight is 191 g/mol. The molecule has 0 aliphatic heterocycles. The Hall–Kier alpha value is -0.820. The molecule has 1 heteroatoms. The highest BCUT2D eigenvalue weighted by molar-refractivity contribution is 5.21. The van der Waals surface area contributed by atoms with E-state index in [1.165, 1.54) is 11.1 Å². The molecule has 0 aromatic heterocycles. The lowest BCUT2D eigenvalue weighted by Crippen LogP contribution is -2.30. The zero-order valence-electron chi connectivity index (χ0n) is 9.67. The summed E-state index contributed by atoms with van der Waals surface area (Å²) in [6, 6.07) is 9.24. The SMILES string of the molecule is Cc1cccc(CNC(C)C(C)C)c1. The van der Waals surface area contributed by atoms with E-state index in [1.807, 2.05) is 0 Å². The summed E-state index contributed by atoms with van der Waals surface area (Å²) in [5.74, 6) is 0.694. The molecule has 0 heterocycles. The Morgan fingerprint density at radius 1 is 1.21 bits per heavy atom. The van der Waals surface area contributed by atoms with E-state index in [1.54, 1.807) is 0 Å². The van der Waals surface area contributed by atoms with Gasteiger partial charge in [-0.1, -0.05) is 43.7 Å². The molecule has 0 aliphatic carbocycles. The zero-order valence-corrected chi connectivity index (χ0v) is 9.67. The van der Waals surface area contributed by atoms with Gasteiger partial charge < -0.3 is 5.32 Å². The van der Waals surface area contributed by atoms with Crippen LogP contribution in [0.3, 0.4) is 0 Å². The third-order valence-corrected chi connectivity index (χ3v) is 2.71. The molecule has 14 heavy (non-hydrogen) atoms. The van der Waals surface area contributed by atoms with Crippen LogP contribution in [0.5, 0.6) is 0 Å². The number of rotatable bonds is 4. The molecule has 1 unspecified atom stereocenters. The predicted molar refractivity (Wildman–Crippen MR) is 62.3 cm³/mol. The van der Waals surface area contributed by atoms with E-state index in [2.05, 4.69) is 57.3 Å². The van der Waals surface area contributed by atoms with Crippen molar-refractivity contribution in [1.82, 2.24) is 5.32 Å². The molecule has 1 nitrogen and oxygen atoms in total. The maximum Gasteiger partial charge on any atom is 0.0208 e. The average Bonchev–Trinajstić information content (AvgIpc) is 2.14. The molecule has 1 atom stereocenters. The number of nitrogens with one attached hydrogen (secondary N) is 1. The highest BCUT2D eigenvalue weighted by Gasteiger charge is 2.05. The van der Waals surface area contributed by atoms with Crippen LogP contribution in [0.1, 0.15) is 31.9 Å². The van der Waals surface area contributed by atoms with Gasteiger partial charge in [-0.15, -0.1) is 0 Å². The van der Waals surface area contributed by atoms with Gasteiger partial charge in [-0.3, -0.25) is 0 Å². The molecule has 0 spiro atoms. The minimum Gasteiger partial charge on any atom is -0.310 e. The highest BCUT2D eigenvalue weighted by atomic mass is 14.9. The van der Waals surface area contributed by atoms with Crippen molar-refractivity contribution in [3.05, 3.63) is 35.4 Å². The van der Waals surface area contributed by atoms with E-state index in [4.69, 9.17) is 0 Å². The lowest BCUT2D eigenvalue weighted by molar-refractivity contribution is 0.426. The molecule has 0 bridgehead atoms. The van der Waals surface area contributed by atoms with Gasteiger partial charge in [0, 0.05) is 12.6 Å². The molecule has 0 radical (unpaired) electrons. The summed E-state index contributed by atoms with van der Waals surface area (Å²) in [6.07, 6.45) is 0. The number of hydrogen-bond acceptors (Lipinski definition) is 1. The van der Waals surface area contributed by atoms with Crippen LogP contribution in [0.15, 0.2) is 24.3 Å². The molecular formula is C13H21N. The maximum atomic E-state index is 3.53. The first kappa shape index (κ1) is 11.3. The Morgan fingerprint density at radius 2 is 1.93 bits per heavy atom. The predicted octanol–water partition coefficient (Wildman–Crippen LogP) is 3.13. The highest BCUT2D eigenvalue weighted by Crippen LogP contribution is 2.05. The minimum absolute atomic E-state index is 0.579. The summed E-state index contributed by atoms with van der Waals surface area (Å²) >= 11 is 0. The van der Waals surface area contributed by atoms with Gasteiger partial charge in [0.2, 0.25) is 0 Å². The van der Waals surface area contributed by atoms with Crippen molar-refractivity contribution in [2.75, 3.05) is 0 Å². The molecule has 1 N–H and O–H groups in total. The number of aryl methyl sites for hydroxylation is 1. The van der Waals surface area contributed by atoms with Crippen LogP contribution in [-0.2, 0) is 6.54 Å². The Bertz CT molecular complexity index is 278. The minimum atomic E-state index is 0.579. The summed E-state index contributed by atoms with van der Waals surface area (Å²) in [7, 11) is 0. The van der Waals surface area contributed by atoms with Crippen molar-refractivity contribution >= 4 is 0 Å². The normalized spacial score (nSPS) is 13.2. The van der Waals surface area contributed by atoms with Gasteiger partial charge in [-0.25, -0.2) is 0 Å². The van der Waals surface area contributed by atoms with Crippen LogP contribution in [0.4, 0.5) is 0 Å². The van der Waals surface area contributed by atoms with Crippen LogP contribution < -0.4 is 5.32 Å². The van der Waals surface area contributed by atoms with Crippen molar-refractivity contribution in [3.8, 4) is 0 Å². The fraction of sp³-hybridized carbons (Fsp3) is 0.538. The smallest absolute Gasteiger partial charge is 0.0208 e. The first-order chi connectivity index (χ1) is 6.59. The fourth-order valence-electron chi connectivity index (χ4n) is 1.34. The van der Waals surface area contributed by atoms with Crippen molar-refractivity contribution in [1.29, 1.82) is 0 Å². The molecule has 1 rings (SSSR count). The van der Waals surface area contributed by atoms with Crippen LogP contribution >= 0.6 is 0 Å². The Morgan fingerprint density at radius 3 is 2.50 bits per heavy atom. The van der Waals surface area contributed by atoms with Crippen LogP contribution in [0.2, 0.25) is 0 Å². The van der Waals surface area contributed by atoms with E-state index in [9.17, 15) is 0 Å². The van der Waals surface area contributed by atoms with E-state index >= 15 is 0 Å². The summed E-state index contributed by atoms with van der Waals surface area (Å²) in [6.45, 7) is 9.83. The lowest BCUT2D eigenvalue weighted by atomic mass is 10.1. The molecular weight excluding hydrogens is 170 g/mol. The van der Waals surface area contributed by atoms with Gasteiger partial charge >= 0.3 is 0 Å². The van der Waals surface area contributed by atoms with Crippen LogP contribution in [0, 0.1) is 12.8 Å². The summed E-state index contributed by atoms with van der Waals surface area (Å²) in [5, 5.41) is 3.53. The van der Waals surface area contributed by atoms with Gasteiger partial charge in [-0.05, 0) is 25.3 Å². The summed E-state index contributed by atoms with van der Waals surface area (Å²) < 4.78 is 0. The fourth-order valence-corrected chi connectivity index (χ4v) is 1.34. The first-order valence-corrected chi connectivity index (χ1v) is 5.38. The number of hydrogen-bond donors (Lipinski definition) is 1. The van der Waals surface area contributed by atoms with Crippen LogP contribution in [0.25, 0.3) is 0 Å². The lowest BCUT2D eigenvalue weighted by Gasteiger charge is -2.17. The second kappa shape index (κ2) is 5.16. The molecule has 78 valence electrons. The molecule has 1 aromatic carbocycles. The largest absolute Gasteiger partial charge is 0.310 e. The third-order valence-electron chi connectivity index (χ3n) is 2.71. The van der Waals surface area contributed by atoms with Gasteiger partial charge in [0.1, 0.15) is 0 Å². The molecule has 1 aromatic rings. The first-order valence-electron chi connectivity index (χ1n) is 5.38. The van der Waals surface area contributed by atoms with Gasteiger partial charge in [0.25, 0.3) is 0 Å². The standard InChI is InChI=1S/C13H21N/c1-10(2)12(4)14-9-13-7-5-6-11(3)8-13/h5-8,10,12,14H,9H2,1-4H3. The summed E-state index contributed by atoms with van der Waals surface area (Å²) in [4.78, 5) is 0. The van der Waals surface area contributed by atoms with E-state index in [0.717, 1.165) is 6.54 Å². The van der Waals surface area contributed by atoms with Gasteiger partial charge in [0.15, 0.2) is 0 Å². The maximum absolute atomic E-state index is 3.53. The van der Waals surface area contributed by atoms with Crippen LogP contribution in [-0.4, -0.2) is 6.04 Å². The molecule has 0 amide bonds. The Kier molecular flexibility index (Phi) is 4.15.